The van der Waals surface area contributed by atoms with E-state index in [0.29, 0.717) is 11.2 Å². The van der Waals surface area contributed by atoms with Gasteiger partial charge in [-0.2, -0.15) is 5.10 Å². The van der Waals surface area contributed by atoms with Crippen molar-refractivity contribution < 1.29 is 9.59 Å². The summed E-state index contributed by atoms with van der Waals surface area (Å²) in [4.78, 5) is 38.4. The fourth-order valence-electron chi connectivity index (χ4n) is 2.36. The number of rotatable bonds is 3. The quantitative estimate of drug-likeness (QED) is 0.383. The molecule has 0 spiro atoms. The zero-order chi connectivity index (χ0) is 18.5. The number of aromatic amines is 1. The lowest BCUT2D eigenvalue weighted by molar-refractivity contribution is -0.136. The van der Waals surface area contributed by atoms with Crippen molar-refractivity contribution in [3.8, 4) is 0 Å². The zero-order valence-electron chi connectivity index (χ0n) is 13.9. The molecule has 0 radical (unpaired) electrons. The Labute approximate surface area is 148 Å². The maximum atomic E-state index is 12.0. The van der Waals surface area contributed by atoms with Crippen LogP contribution in [0, 0.1) is 6.92 Å². The number of anilines is 1. The molecule has 2 aromatic carbocycles. The van der Waals surface area contributed by atoms with Crippen LogP contribution in [0.2, 0.25) is 0 Å². The van der Waals surface area contributed by atoms with Gasteiger partial charge in [0.15, 0.2) is 0 Å². The van der Waals surface area contributed by atoms with E-state index in [-0.39, 0.29) is 11.1 Å². The average molecular weight is 348 g/mol. The monoisotopic (exact) mass is 348 g/mol. The largest absolute Gasteiger partial charge is 0.329 e. The first-order chi connectivity index (χ1) is 12.5. The van der Waals surface area contributed by atoms with Gasteiger partial charge in [-0.3, -0.25) is 14.4 Å². The number of hydrazone groups is 1. The molecule has 0 aliphatic carbocycles. The van der Waals surface area contributed by atoms with E-state index in [2.05, 4.69) is 20.8 Å². The van der Waals surface area contributed by atoms with Crippen molar-refractivity contribution >= 4 is 34.6 Å². The predicted octanol–water partition coefficient (Wildman–Crippen LogP) is 1.93. The smallest absolute Gasteiger partial charge is 0.321 e. The minimum absolute atomic E-state index is 0.267. The number of amides is 2. The Kier molecular flexibility index (Phi) is 4.89. The van der Waals surface area contributed by atoms with E-state index < -0.39 is 11.8 Å². The van der Waals surface area contributed by atoms with Crippen LogP contribution >= 0.6 is 0 Å². The summed E-state index contributed by atoms with van der Waals surface area (Å²) in [5.74, 6) is -1.77. The first-order valence-corrected chi connectivity index (χ1v) is 7.86. The van der Waals surface area contributed by atoms with Crippen LogP contribution in [0.5, 0.6) is 0 Å². The lowest BCUT2D eigenvalue weighted by atomic mass is 10.2. The molecular formula is C19H16N4O3. The Hall–Kier alpha value is -3.74. The molecule has 3 N–H and O–H groups in total. The number of H-pyrrole nitrogens is 1. The number of hydrogen-bond donors (Lipinski definition) is 3. The highest BCUT2D eigenvalue weighted by molar-refractivity contribution is 6.39. The summed E-state index contributed by atoms with van der Waals surface area (Å²) in [5.41, 5.74) is 4.12. The maximum Gasteiger partial charge on any atom is 0.329 e. The Balaban J connectivity index is 1.67. The molecule has 130 valence electrons. The molecule has 1 aromatic heterocycles. The van der Waals surface area contributed by atoms with Crippen LogP contribution in [0.4, 0.5) is 5.69 Å². The lowest BCUT2D eigenvalue weighted by Crippen LogP contribution is -2.32. The molecule has 0 bridgehead atoms. The van der Waals surface area contributed by atoms with E-state index in [1.165, 1.54) is 6.21 Å². The first kappa shape index (κ1) is 17.1. The van der Waals surface area contributed by atoms with E-state index in [0.717, 1.165) is 10.9 Å². The molecule has 3 aromatic rings. The van der Waals surface area contributed by atoms with Crippen molar-refractivity contribution in [1.29, 1.82) is 0 Å². The number of pyridine rings is 1. The number of aromatic nitrogens is 1. The van der Waals surface area contributed by atoms with Gasteiger partial charge in [-0.1, -0.05) is 36.4 Å². The molecule has 0 saturated carbocycles. The number of nitrogens with zero attached hydrogens (tertiary/aromatic N) is 1. The third kappa shape index (κ3) is 3.84. The van der Waals surface area contributed by atoms with Crippen molar-refractivity contribution in [3.63, 3.8) is 0 Å². The van der Waals surface area contributed by atoms with Gasteiger partial charge in [-0.25, -0.2) is 5.43 Å². The maximum absolute atomic E-state index is 12.0. The van der Waals surface area contributed by atoms with Crippen LogP contribution in [0.3, 0.4) is 0 Å². The fourth-order valence-corrected chi connectivity index (χ4v) is 2.36. The van der Waals surface area contributed by atoms with E-state index in [1.54, 1.807) is 24.3 Å². The molecule has 26 heavy (non-hydrogen) atoms. The van der Waals surface area contributed by atoms with E-state index in [4.69, 9.17) is 0 Å². The summed E-state index contributed by atoms with van der Waals surface area (Å²) < 4.78 is 0. The van der Waals surface area contributed by atoms with Gasteiger partial charge in [-0.15, -0.1) is 0 Å². The molecule has 0 unspecified atom stereocenters. The second kappa shape index (κ2) is 7.43. The highest BCUT2D eigenvalue weighted by Crippen LogP contribution is 2.12. The van der Waals surface area contributed by atoms with Gasteiger partial charge >= 0.3 is 11.8 Å². The number of aryl methyl sites for hydroxylation is 1. The summed E-state index contributed by atoms with van der Waals surface area (Å²) in [6.45, 7) is 1.82. The van der Waals surface area contributed by atoms with Gasteiger partial charge in [0, 0.05) is 11.2 Å². The molecule has 7 nitrogen and oxygen atoms in total. The van der Waals surface area contributed by atoms with E-state index in [1.807, 2.05) is 37.3 Å². The molecule has 7 heteroatoms. The summed E-state index contributed by atoms with van der Waals surface area (Å²) in [6, 6.07) is 16.0. The SMILES string of the molecule is Cc1ccccc1NC(=O)C(=O)NN=Cc1cc2ccccc2[nH]c1=O. The third-order valence-corrected chi connectivity index (χ3v) is 3.75. The second-order valence-electron chi connectivity index (χ2n) is 5.61. The minimum Gasteiger partial charge on any atom is -0.321 e. The summed E-state index contributed by atoms with van der Waals surface area (Å²) in [7, 11) is 0. The molecule has 0 atom stereocenters. The van der Waals surface area contributed by atoms with Gasteiger partial charge < -0.3 is 10.3 Å². The highest BCUT2D eigenvalue weighted by atomic mass is 16.2. The number of carbonyl (C=O) groups excluding carboxylic acids is 2. The lowest BCUT2D eigenvalue weighted by Gasteiger charge is -2.06. The molecule has 1 heterocycles. The Morgan fingerprint density at radius 3 is 2.58 bits per heavy atom. The number of benzene rings is 2. The van der Waals surface area contributed by atoms with Crippen LogP contribution in [-0.4, -0.2) is 23.0 Å². The fraction of sp³-hybridized carbons (Fsp3) is 0.0526. The van der Waals surface area contributed by atoms with Crippen LogP contribution < -0.4 is 16.3 Å². The van der Waals surface area contributed by atoms with Crippen molar-refractivity contribution in [2.75, 3.05) is 5.32 Å². The van der Waals surface area contributed by atoms with Gasteiger partial charge in [-0.05, 0) is 36.1 Å². The normalized spacial score (nSPS) is 10.8. The molecule has 3 rings (SSSR count). The van der Waals surface area contributed by atoms with E-state index in [9.17, 15) is 14.4 Å². The number of hydrogen-bond acceptors (Lipinski definition) is 4. The van der Waals surface area contributed by atoms with Gasteiger partial charge in [0.1, 0.15) is 0 Å². The summed E-state index contributed by atoms with van der Waals surface area (Å²) >= 11 is 0. The van der Waals surface area contributed by atoms with Crippen LogP contribution in [0.15, 0.2) is 64.5 Å². The molecular weight excluding hydrogens is 332 g/mol. The Morgan fingerprint density at radius 1 is 1.04 bits per heavy atom. The van der Waals surface area contributed by atoms with E-state index >= 15 is 0 Å². The molecule has 0 aliphatic heterocycles. The Bertz CT molecular complexity index is 1070. The molecule has 0 fully saturated rings. The highest BCUT2D eigenvalue weighted by Gasteiger charge is 2.13. The van der Waals surface area contributed by atoms with Crippen molar-refractivity contribution in [1.82, 2.24) is 10.4 Å². The third-order valence-electron chi connectivity index (χ3n) is 3.75. The van der Waals surface area contributed by atoms with Crippen LogP contribution in [-0.2, 0) is 9.59 Å². The number of fused-ring (bicyclic) bond motifs is 1. The first-order valence-electron chi connectivity index (χ1n) is 7.86. The van der Waals surface area contributed by atoms with Crippen molar-refractivity contribution in [2.24, 2.45) is 5.10 Å². The summed E-state index contributed by atoms with van der Waals surface area (Å²) in [5, 5.41) is 7.02. The number of carbonyl (C=O) groups is 2. The predicted molar refractivity (Wildman–Crippen MR) is 100 cm³/mol. The van der Waals surface area contributed by atoms with Crippen molar-refractivity contribution in [2.45, 2.75) is 6.92 Å². The molecule has 0 aliphatic rings. The number of para-hydroxylation sites is 2. The van der Waals surface area contributed by atoms with Gasteiger partial charge in [0.2, 0.25) is 0 Å². The Morgan fingerprint density at radius 2 is 1.77 bits per heavy atom. The average Bonchev–Trinajstić information content (AvgIpc) is 2.63. The van der Waals surface area contributed by atoms with Gasteiger partial charge in [0.25, 0.3) is 5.56 Å². The topological polar surface area (TPSA) is 103 Å². The number of nitrogens with one attached hydrogen (secondary N) is 3. The molecule has 2 amide bonds. The molecule has 0 saturated heterocycles. The zero-order valence-corrected chi connectivity index (χ0v) is 13.9. The summed E-state index contributed by atoms with van der Waals surface area (Å²) in [6.07, 6.45) is 1.20. The van der Waals surface area contributed by atoms with Gasteiger partial charge in [0.05, 0.1) is 11.8 Å². The standard InChI is InChI=1S/C19H16N4O3/c1-12-6-2-4-8-15(12)21-18(25)19(26)23-20-11-14-10-13-7-3-5-9-16(13)22-17(14)24/h2-11H,1H3,(H,21,25)(H,22,24)(H,23,26). The van der Waals surface area contributed by atoms with Crippen molar-refractivity contribution in [3.05, 3.63) is 76.1 Å². The van der Waals surface area contributed by atoms with Crippen LogP contribution in [0.1, 0.15) is 11.1 Å². The van der Waals surface area contributed by atoms with Crippen LogP contribution in [0.25, 0.3) is 10.9 Å². The second-order valence-corrected chi connectivity index (χ2v) is 5.61. The minimum atomic E-state index is -0.929.